The van der Waals surface area contributed by atoms with Crippen molar-refractivity contribution in [2.45, 2.75) is 33.2 Å². The van der Waals surface area contributed by atoms with Crippen LogP contribution in [0.5, 0.6) is 0 Å². The number of carbonyl (C=O) groups excluding carboxylic acids is 1. The van der Waals surface area contributed by atoms with Crippen LogP contribution in [0.3, 0.4) is 0 Å². The van der Waals surface area contributed by atoms with Crippen LogP contribution in [0.2, 0.25) is 0 Å². The fourth-order valence-electron chi connectivity index (χ4n) is 3.92. The van der Waals surface area contributed by atoms with E-state index in [-0.39, 0.29) is 5.91 Å². The Labute approximate surface area is 174 Å². The Morgan fingerprint density at radius 2 is 1.72 bits per heavy atom. The van der Waals surface area contributed by atoms with E-state index < -0.39 is 6.29 Å². The molecule has 7 heteroatoms. The van der Waals surface area contributed by atoms with Gasteiger partial charge in [0, 0.05) is 63.6 Å². The molecule has 1 aromatic carbocycles. The van der Waals surface area contributed by atoms with Crippen LogP contribution >= 0.6 is 0 Å². The summed E-state index contributed by atoms with van der Waals surface area (Å²) in [7, 11) is 2.10. The van der Waals surface area contributed by atoms with Crippen LogP contribution in [0.4, 0.5) is 5.69 Å². The highest BCUT2D eigenvalue weighted by Crippen LogP contribution is 2.31. The molecule has 3 aliphatic rings. The normalized spacial score (nSPS) is 22.8. The number of aliphatic hydroxyl groups is 1. The summed E-state index contributed by atoms with van der Waals surface area (Å²) in [4.78, 5) is 21.4. The maximum Gasteiger partial charge on any atom is 0.236 e. The standard InChI is InChI=1S/C19H28N4O3.C3H8/c1-20-4-8-23(9-5-20)18(24)13-21-6-10-22(11-7-21)16-2-3-17-15(12-16)14-26-19(17)25;1-3-2/h2-3,12,19,25H,4-11,13-14H2,1H3;3H2,1-2H3. The number of aliphatic hydroxyl groups excluding tert-OH is 1. The maximum absolute atomic E-state index is 12.5. The fraction of sp³-hybridized carbons (Fsp3) is 0.682. The van der Waals surface area contributed by atoms with E-state index in [4.69, 9.17) is 4.74 Å². The van der Waals surface area contributed by atoms with Gasteiger partial charge in [0.05, 0.1) is 13.2 Å². The SMILES string of the molecule is CCC.CN1CCN(C(=O)CN2CCN(c3ccc4c(c3)COC4O)CC2)CC1. The van der Waals surface area contributed by atoms with Crippen molar-refractivity contribution in [3.8, 4) is 0 Å². The van der Waals surface area contributed by atoms with Crippen LogP contribution < -0.4 is 4.90 Å². The predicted molar refractivity (Wildman–Crippen MR) is 115 cm³/mol. The summed E-state index contributed by atoms with van der Waals surface area (Å²) >= 11 is 0. The number of anilines is 1. The van der Waals surface area contributed by atoms with Gasteiger partial charge >= 0.3 is 0 Å². The number of ether oxygens (including phenoxy) is 1. The van der Waals surface area contributed by atoms with Crippen LogP contribution in [0, 0.1) is 0 Å². The molecular formula is C22H36N4O3. The van der Waals surface area contributed by atoms with E-state index in [0.717, 1.165) is 63.5 Å². The highest BCUT2D eigenvalue weighted by molar-refractivity contribution is 5.78. The van der Waals surface area contributed by atoms with Gasteiger partial charge in [-0.3, -0.25) is 9.69 Å². The quantitative estimate of drug-likeness (QED) is 0.824. The molecule has 1 atom stereocenters. The van der Waals surface area contributed by atoms with Crippen LogP contribution in [0.1, 0.15) is 37.7 Å². The zero-order valence-electron chi connectivity index (χ0n) is 18.1. The average molecular weight is 405 g/mol. The van der Waals surface area contributed by atoms with E-state index in [1.165, 1.54) is 12.1 Å². The molecular weight excluding hydrogens is 368 g/mol. The molecule has 1 N–H and O–H groups in total. The number of nitrogens with zero attached hydrogens (tertiary/aromatic N) is 4. The lowest BCUT2D eigenvalue weighted by Crippen LogP contribution is -2.53. The fourth-order valence-corrected chi connectivity index (χ4v) is 3.92. The van der Waals surface area contributed by atoms with Gasteiger partial charge in [-0.25, -0.2) is 0 Å². The first-order valence-electron chi connectivity index (χ1n) is 10.9. The molecule has 0 radical (unpaired) electrons. The van der Waals surface area contributed by atoms with Gasteiger partial charge in [-0.05, 0) is 24.7 Å². The Kier molecular flexibility index (Phi) is 7.89. The molecule has 0 aromatic heterocycles. The molecule has 29 heavy (non-hydrogen) atoms. The van der Waals surface area contributed by atoms with Gasteiger partial charge in [-0.15, -0.1) is 0 Å². The summed E-state index contributed by atoms with van der Waals surface area (Å²) in [5, 5.41) is 9.74. The van der Waals surface area contributed by atoms with E-state index in [9.17, 15) is 9.90 Å². The predicted octanol–water partition coefficient (Wildman–Crippen LogP) is 1.52. The van der Waals surface area contributed by atoms with Crippen LogP contribution in [0.25, 0.3) is 0 Å². The van der Waals surface area contributed by atoms with Gasteiger partial charge in [0.25, 0.3) is 0 Å². The number of piperazine rings is 2. The van der Waals surface area contributed by atoms with Gasteiger partial charge in [0.15, 0.2) is 6.29 Å². The van der Waals surface area contributed by atoms with Crippen LogP contribution in [-0.2, 0) is 16.1 Å². The molecule has 3 aliphatic heterocycles. The molecule has 2 saturated heterocycles. The van der Waals surface area contributed by atoms with Gasteiger partial charge in [0.2, 0.25) is 5.91 Å². The summed E-state index contributed by atoms with van der Waals surface area (Å²) in [6.07, 6.45) is 0.469. The Balaban J connectivity index is 0.000000755. The number of benzene rings is 1. The lowest BCUT2D eigenvalue weighted by molar-refractivity contribution is -0.134. The lowest BCUT2D eigenvalue weighted by Gasteiger charge is -2.38. The average Bonchev–Trinajstić information content (AvgIpc) is 3.10. The van der Waals surface area contributed by atoms with E-state index in [1.807, 2.05) is 11.0 Å². The number of amides is 1. The summed E-state index contributed by atoms with van der Waals surface area (Å²) < 4.78 is 5.27. The topological polar surface area (TPSA) is 59.5 Å². The van der Waals surface area contributed by atoms with Crippen LogP contribution in [0.15, 0.2) is 18.2 Å². The van der Waals surface area contributed by atoms with Crippen molar-refractivity contribution in [2.24, 2.45) is 0 Å². The maximum atomic E-state index is 12.5. The smallest absolute Gasteiger partial charge is 0.236 e. The molecule has 1 amide bonds. The molecule has 0 saturated carbocycles. The number of carbonyl (C=O) groups is 1. The highest BCUT2D eigenvalue weighted by atomic mass is 16.6. The summed E-state index contributed by atoms with van der Waals surface area (Å²) in [6, 6.07) is 6.14. The van der Waals surface area contributed by atoms with Gasteiger partial charge in [-0.1, -0.05) is 26.3 Å². The molecule has 4 rings (SSSR count). The summed E-state index contributed by atoms with van der Waals surface area (Å²) in [5.74, 6) is 0.259. The minimum Gasteiger partial charge on any atom is -0.369 e. The van der Waals surface area contributed by atoms with E-state index in [0.29, 0.717) is 13.2 Å². The van der Waals surface area contributed by atoms with Crippen molar-refractivity contribution in [1.82, 2.24) is 14.7 Å². The highest BCUT2D eigenvalue weighted by Gasteiger charge is 2.25. The third kappa shape index (κ3) is 5.69. The van der Waals surface area contributed by atoms with Crippen molar-refractivity contribution < 1.29 is 14.6 Å². The number of hydrogen-bond donors (Lipinski definition) is 1. The zero-order valence-corrected chi connectivity index (χ0v) is 18.1. The first kappa shape index (κ1) is 22.0. The molecule has 7 nitrogen and oxygen atoms in total. The second-order valence-corrected chi connectivity index (χ2v) is 8.20. The van der Waals surface area contributed by atoms with Crippen molar-refractivity contribution >= 4 is 11.6 Å². The van der Waals surface area contributed by atoms with Crippen molar-refractivity contribution in [1.29, 1.82) is 0 Å². The minimum atomic E-state index is -0.781. The Hall–Kier alpha value is -1.67. The summed E-state index contributed by atoms with van der Waals surface area (Å²) in [6.45, 7) is 12.5. The Morgan fingerprint density at radius 1 is 1.07 bits per heavy atom. The van der Waals surface area contributed by atoms with Crippen molar-refractivity contribution in [3.05, 3.63) is 29.3 Å². The second kappa shape index (κ2) is 10.4. The second-order valence-electron chi connectivity index (χ2n) is 8.20. The van der Waals surface area contributed by atoms with E-state index >= 15 is 0 Å². The molecule has 0 bridgehead atoms. The Bertz CT molecular complexity index is 668. The number of likely N-dealkylation sites (N-methyl/N-ethyl adjacent to an activating group) is 1. The Morgan fingerprint density at radius 3 is 2.38 bits per heavy atom. The third-order valence-corrected chi connectivity index (χ3v) is 5.74. The number of rotatable bonds is 3. The van der Waals surface area contributed by atoms with Crippen molar-refractivity contribution in [2.75, 3.05) is 70.9 Å². The van der Waals surface area contributed by atoms with E-state index in [1.54, 1.807) is 0 Å². The molecule has 1 aromatic rings. The number of hydrogen-bond acceptors (Lipinski definition) is 6. The molecule has 162 valence electrons. The largest absolute Gasteiger partial charge is 0.369 e. The third-order valence-electron chi connectivity index (χ3n) is 5.74. The van der Waals surface area contributed by atoms with Gasteiger partial charge < -0.3 is 24.5 Å². The first-order valence-corrected chi connectivity index (χ1v) is 10.9. The molecule has 2 fully saturated rings. The first-order chi connectivity index (χ1) is 14.0. The zero-order chi connectivity index (χ0) is 20.8. The summed E-state index contributed by atoms with van der Waals surface area (Å²) in [5.41, 5.74) is 3.12. The van der Waals surface area contributed by atoms with E-state index in [2.05, 4.69) is 47.7 Å². The molecule has 0 aliphatic carbocycles. The molecule has 1 unspecified atom stereocenters. The van der Waals surface area contributed by atoms with Crippen molar-refractivity contribution in [3.63, 3.8) is 0 Å². The monoisotopic (exact) mass is 404 g/mol. The van der Waals surface area contributed by atoms with Gasteiger partial charge in [0.1, 0.15) is 0 Å². The van der Waals surface area contributed by atoms with Gasteiger partial charge in [-0.2, -0.15) is 0 Å². The lowest BCUT2D eigenvalue weighted by atomic mass is 10.1. The number of fused-ring (bicyclic) bond motifs is 1. The van der Waals surface area contributed by atoms with Crippen LogP contribution in [-0.4, -0.2) is 91.7 Å². The minimum absolute atomic E-state index is 0.259. The molecule has 3 heterocycles. The molecule has 0 spiro atoms.